The highest BCUT2D eigenvalue weighted by Crippen LogP contribution is 2.45. The Labute approximate surface area is 267 Å². The molecule has 12 nitrogen and oxygen atoms in total. The fourth-order valence-electron chi connectivity index (χ4n) is 6.53. The lowest BCUT2D eigenvalue weighted by Gasteiger charge is -2.30. The third-order valence-corrected chi connectivity index (χ3v) is 9.05. The van der Waals surface area contributed by atoms with Gasteiger partial charge in [0.25, 0.3) is 0 Å². The van der Waals surface area contributed by atoms with Gasteiger partial charge >= 0.3 is 18.2 Å². The van der Waals surface area contributed by atoms with Gasteiger partial charge in [0, 0.05) is 25.4 Å². The molecule has 250 valence electrons. The number of allylic oxidation sites excluding steroid dienone is 1. The third-order valence-electron chi connectivity index (χ3n) is 9.05. The van der Waals surface area contributed by atoms with Crippen LogP contribution >= 0.6 is 0 Å². The molecule has 0 radical (unpaired) electrons. The number of rotatable bonds is 3. The van der Waals surface area contributed by atoms with Crippen molar-refractivity contribution in [3.63, 3.8) is 0 Å². The number of nitrogens with one attached hydrogen (secondary N) is 2. The molecule has 1 aromatic carbocycles. The Hall–Kier alpha value is -4.16. The number of alkyl carbamates (subject to hydrolysis) is 1. The maximum atomic E-state index is 14.2. The van der Waals surface area contributed by atoms with Crippen LogP contribution in [0, 0.1) is 11.7 Å². The summed E-state index contributed by atoms with van der Waals surface area (Å²) in [5.74, 6) is -3.08. The lowest BCUT2D eigenvalue weighted by Crippen LogP contribution is -2.56. The number of aliphatic carboxylic acids is 1. The largest absolute Gasteiger partial charge is 0.479 e. The van der Waals surface area contributed by atoms with Crippen LogP contribution < -0.4 is 10.6 Å². The number of halogens is 1. The molecule has 0 spiro atoms. The van der Waals surface area contributed by atoms with E-state index in [0.717, 1.165) is 19.3 Å². The summed E-state index contributed by atoms with van der Waals surface area (Å²) in [6.45, 7) is 5.39. The number of benzene rings is 1. The van der Waals surface area contributed by atoms with E-state index in [2.05, 4.69) is 10.6 Å². The summed E-state index contributed by atoms with van der Waals surface area (Å²) in [5, 5.41) is 15.4. The fourth-order valence-corrected chi connectivity index (χ4v) is 6.53. The van der Waals surface area contributed by atoms with Crippen LogP contribution in [-0.4, -0.2) is 87.3 Å². The number of hydrogen-bond acceptors (Lipinski definition) is 7. The number of hydrogen-bond donors (Lipinski definition) is 3. The molecule has 3 aliphatic heterocycles. The molecule has 2 fully saturated rings. The van der Waals surface area contributed by atoms with Crippen molar-refractivity contribution in [2.45, 2.75) is 108 Å². The topological polar surface area (TPSA) is 155 Å². The van der Waals surface area contributed by atoms with E-state index in [0.29, 0.717) is 30.4 Å². The first-order valence-corrected chi connectivity index (χ1v) is 16.0. The average Bonchev–Trinajstić information content (AvgIpc) is 3.52. The monoisotopic (exact) mass is 642 g/mol. The summed E-state index contributed by atoms with van der Waals surface area (Å²) in [6.07, 6.45) is 5.13. The van der Waals surface area contributed by atoms with Crippen molar-refractivity contribution >= 4 is 30.0 Å². The third kappa shape index (κ3) is 7.45. The number of amides is 4. The number of carboxylic acid groups (broad SMARTS) is 1. The highest BCUT2D eigenvalue weighted by Gasteiger charge is 2.61. The zero-order valence-electron chi connectivity index (χ0n) is 26.6. The Bertz CT molecular complexity index is 1410. The molecular weight excluding hydrogens is 599 g/mol. The van der Waals surface area contributed by atoms with Gasteiger partial charge in [-0.3, -0.25) is 9.59 Å². The van der Waals surface area contributed by atoms with Crippen LogP contribution in [-0.2, 0) is 36.8 Å². The molecule has 1 saturated heterocycles. The van der Waals surface area contributed by atoms with Crippen LogP contribution in [0.3, 0.4) is 0 Å². The first-order chi connectivity index (χ1) is 21.8. The fraction of sp³-hybridized carbons (Fsp3) is 0.606. The van der Waals surface area contributed by atoms with Crippen molar-refractivity contribution in [2.24, 2.45) is 5.92 Å². The van der Waals surface area contributed by atoms with Crippen LogP contribution in [0.4, 0.5) is 14.0 Å². The molecule has 0 bridgehead atoms. The van der Waals surface area contributed by atoms with Crippen LogP contribution in [0.25, 0.3) is 0 Å². The molecular formula is C33H43FN4O8. The van der Waals surface area contributed by atoms with Gasteiger partial charge in [-0.1, -0.05) is 37.1 Å². The first-order valence-electron chi connectivity index (χ1n) is 16.0. The molecule has 1 aliphatic carbocycles. The molecule has 1 saturated carbocycles. The molecule has 46 heavy (non-hydrogen) atoms. The van der Waals surface area contributed by atoms with Crippen molar-refractivity contribution in [1.82, 2.24) is 20.4 Å². The first kappa shape index (κ1) is 33.2. The Morgan fingerprint density at radius 2 is 1.93 bits per heavy atom. The second kappa shape index (κ2) is 13.3. The maximum absolute atomic E-state index is 14.2. The van der Waals surface area contributed by atoms with E-state index in [1.165, 1.54) is 15.9 Å². The zero-order chi connectivity index (χ0) is 33.2. The van der Waals surface area contributed by atoms with Crippen molar-refractivity contribution in [2.75, 3.05) is 13.1 Å². The van der Waals surface area contributed by atoms with Crippen molar-refractivity contribution in [3.05, 3.63) is 47.3 Å². The number of nitrogens with zero attached hydrogens (tertiary/aromatic N) is 2. The molecule has 3 N–H and O–H groups in total. The Morgan fingerprint density at radius 3 is 2.67 bits per heavy atom. The van der Waals surface area contributed by atoms with Crippen molar-refractivity contribution in [1.29, 1.82) is 0 Å². The molecule has 0 unspecified atom stereocenters. The normalized spacial score (nSPS) is 29.1. The Balaban J connectivity index is 1.37. The second-order valence-electron chi connectivity index (χ2n) is 13.6. The summed E-state index contributed by atoms with van der Waals surface area (Å²) in [4.78, 5) is 68.9. The summed E-state index contributed by atoms with van der Waals surface area (Å²) in [6, 6.07) is 2.56. The van der Waals surface area contributed by atoms with Gasteiger partial charge < -0.3 is 35.0 Å². The summed E-state index contributed by atoms with van der Waals surface area (Å²) in [7, 11) is 0. The van der Waals surface area contributed by atoms with E-state index in [9.17, 15) is 33.5 Å². The number of ether oxygens (including phenoxy) is 2. The minimum absolute atomic E-state index is 0.0578. The van der Waals surface area contributed by atoms with Gasteiger partial charge in [-0.15, -0.1) is 0 Å². The van der Waals surface area contributed by atoms with Gasteiger partial charge in [-0.25, -0.2) is 18.8 Å². The van der Waals surface area contributed by atoms with E-state index in [4.69, 9.17) is 9.47 Å². The van der Waals surface area contributed by atoms with Crippen LogP contribution in [0.1, 0.15) is 76.8 Å². The molecule has 5 rings (SSSR count). The van der Waals surface area contributed by atoms with Crippen molar-refractivity contribution in [3.8, 4) is 0 Å². The van der Waals surface area contributed by atoms with Gasteiger partial charge in [-0.2, -0.15) is 0 Å². The molecule has 3 heterocycles. The minimum atomic E-state index is -1.48. The summed E-state index contributed by atoms with van der Waals surface area (Å²) in [5.41, 5.74) is -1.05. The molecule has 0 aromatic heterocycles. The smallest absolute Gasteiger partial charge is 0.410 e. The van der Waals surface area contributed by atoms with E-state index in [-0.39, 0.29) is 44.2 Å². The average molecular weight is 643 g/mol. The van der Waals surface area contributed by atoms with E-state index >= 15 is 0 Å². The zero-order valence-corrected chi connectivity index (χ0v) is 26.6. The standard InChI is InChI=1S/C33H43FN4O8/c1-32(2,3)46-30(43)35-25-13-8-6-4-5-7-11-21-17-33(21,29(41)42)36-27(39)26-16-22(19-38(26)28(25)40)45-31(44)37-15-14-23-20(18-37)10-9-12-24(23)34/h7,9-12,21-22,25-26H,4-6,8,13-19H2,1-3H3,(H,35,43)(H,36,39)(H,41,42)/b11-7-/t21-,22+,25-,26-,33+/m0/s1. The molecule has 5 atom stereocenters. The second-order valence-corrected chi connectivity index (χ2v) is 13.6. The van der Waals surface area contributed by atoms with Gasteiger partial charge in [0.05, 0.1) is 6.54 Å². The van der Waals surface area contributed by atoms with Gasteiger partial charge in [0.2, 0.25) is 11.8 Å². The maximum Gasteiger partial charge on any atom is 0.410 e. The minimum Gasteiger partial charge on any atom is -0.479 e. The quantitative estimate of drug-likeness (QED) is 0.422. The van der Waals surface area contributed by atoms with Gasteiger partial charge in [-0.05, 0) is 70.1 Å². The molecule has 4 amide bonds. The highest BCUT2D eigenvalue weighted by atomic mass is 19.1. The summed E-state index contributed by atoms with van der Waals surface area (Å²) < 4.78 is 25.4. The lowest BCUT2D eigenvalue weighted by atomic mass is 9.99. The number of carboxylic acids is 1. The molecule has 13 heteroatoms. The number of carbonyl (C=O) groups is 5. The van der Waals surface area contributed by atoms with E-state index in [1.807, 2.05) is 12.2 Å². The van der Waals surface area contributed by atoms with Gasteiger partial charge in [0.15, 0.2) is 0 Å². The highest BCUT2D eigenvalue weighted by molar-refractivity contribution is 5.96. The molecule has 1 aromatic rings. The van der Waals surface area contributed by atoms with Crippen LogP contribution in [0.5, 0.6) is 0 Å². The van der Waals surface area contributed by atoms with Crippen LogP contribution in [0.2, 0.25) is 0 Å². The number of carbonyl (C=O) groups excluding carboxylic acids is 4. The Morgan fingerprint density at radius 1 is 1.15 bits per heavy atom. The summed E-state index contributed by atoms with van der Waals surface area (Å²) >= 11 is 0. The SMILES string of the molecule is CC(C)(C)OC(=O)N[C@H]1CCCCC/C=C\[C@H]2C[C@@]2(C(=O)O)NC(=O)[C@@H]2C[C@@H](OC(=O)N3CCc4c(F)cccc4C3)CN2C1=O. The van der Waals surface area contributed by atoms with Gasteiger partial charge in [0.1, 0.15) is 35.1 Å². The van der Waals surface area contributed by atoms with E-state index in [1.54, 1.807) is 32.9 Å². The van der Waals surface area contributed by atoms with Crippen LogP contribution in [0.15, 0.2) is 30.4 Å². The van der Waals surface area contributed by atoms with Crippen molar-refractivity contribution < 1.29 is 42.9 Å². The van der Waals surface area contributed by atoms with E-state index < -0.39 is 59.3 Å². The predicted octanol–water partition coefficient (Wildman–Crippen LogP) is 3.66. The molecule has 4 aliphatic rings. The Kier molecular flexibility index (Phi) is 9.59. The number of fused-ring (bicyclic) bond motifs is 3. The predicted molar refractivity (Wildman–Crippen MR) is 163 cm³/mol. The lowest BCUT2D eigenvalue weighted by molar-refractivity contribution is -0.145.